The molecule has 1 aliphatic heterocycles. The summed E-state index contributed by atoms with van der Waals surface area (Å²) in [5, 5.41) is 2.46. The highest BCUT2D eigenvalue weighted by Crippen LogP contribution is 2.62. The van der Waals surface area contributed by atoms with Crippen molar-refractivity contribution in [1.29, 1.82) is 0 Å². The number of fused-ring (bicyclic) bond motifs is 10. The molecular weight excluding hydrogens is 811 g/mol. The molecule has 11 aromatic rings. The van der Waals surface area contributed by atoms with Gasteiger partial charge in [-0.25, -0.2) is 0 Å². The minimum atomic E-state index is -0.556. The minimum absolute atomic E-state index is 0.556. The van der Waals surface area contributed by atoms with Crippen LogP contribution in [0.5, 0.6) is 11.5 Å². The lowest BCUT2D eigenvalue weighted by Gasteiger charge is -2.39. The third-order valence-corrected chi connectivity index (χ3v) is 13.9. The van der Waals surface area contributed by atoms with E-state index in [-0.39, 0.29) is 0 Å². The van der Waals surface area contributed by atoms with Crippen molar-refractivity contribution in [1.82, 2.24) is 0 Å². The van der Waals surface area contributed by atoms with Gasteiger partial charge in [0.15, 0.2) is 0 Å². The van der Waals surface area contributed by atoms with Gasteiger partial charge in [0, 0.05) is 28.1 Å². The van der Waals surface area contributed by atoms with Crippen LogP contribution in [0.15, 0.2) is 261 Å². The number of hydrogen-bond acceptors (Lipinski definition) is 2. The first-order valence-electron chi connectivity index (χ1n) is 23.1. The fourth-order valence-corrected chi connectivity index (χ4v) is 11.0. The normalized spacial score (nSPS) is 12.7. The van der Waals surface area contributed by atoms with Crippen LogP contribution >= 0.6 is 0 Å². The maximum Gasteiger partial charge on any atom is 0.132 e. The second-order valence-electron chi connectivity index (χ2n) is 17.5. The van der Waals surface area contributed by atoms with E-state index in [9.17, 15) is 0 Å². The van der Waals surface area contributed by atoms with Gasteiger partial charge >= 0.3 is 0 Å². The lowest BCUT2D eigenvalue weighted by molar-refractivity contribution is 0.436. The summed E-state index contributed by atoms with van der Waals surface area (Å²) < 4.78 is 6.66. The molecule has 67 heavy (non-hydrogen) atoms. The Morgan fingerprint density at radius 3 is 1.52 bits per heavy atom. The van der Waals surface area contributed by atoms with Crippen LogP contribution in [0, 0.1) is 0 Å². The van der Waals surface area contributed by atoms with Crippen molar-refractivity contribution in [2.45, 2.75) is 5.41 Å². The van der Waals surface area contributed by atoms with Gasteiger partial charge in [-0.05, 0) is 121 Å². The summed E-state index contributed by atoms with van der Waals surface area (Å²) >= 11 is 0. The van der Waals surface area contributed by atoms with Crippen LogP contribution in [-0.2, 0) is 5.41 Å². The van der Waals surface area contributed by atoms with Crippen LogP contribution in [-0.4, -0.2) is 0 Å². The quantitative estimate of drug-likeness (QED) is 0.158. The number of rotatable bonds is 7. The molecule has 0 bridgehead atoms. The van der Waals surface area contributed by atoms with E-state index < -0.39 is 5.41 Å². The van der Waals surface area contributed by atoms with Gasteiger partial charge in [-0.15, -0.1) is 0 Å². The topological polar surface area (TPSA) is 12.5 Å². The SMILES string of the molecule is c1ccc(-c2ccccc2-c2ccccc2-c2ccccc2N(c2cccc(-c3ccc4ccccc4c3)c2)c2ccc3c(c2)-c2ccccc2C32c3ccccc3Oc3ccccc32)cc1. The molecule has 13 rings (SSSR count). The van der Waals surface area contributed by atoms with Gasteiger partial charge in [-0.1, -0.05) is 212 Å². The standard InChI is InChI=1S/C65H43NO/c1-2-20-45(21-3-1)51-25-6-7-26-52(51)53-27-8-9-28-54(53)56-30-11-15-34-62(56)66(49-24-18-23-47(42-49)48-38-37-44-19-4-5-22-46(44)41-48)50-39-40-59-57(43-50)55-29-10-12-31-58(55)65(59)60-32-13-16-35-63(60)67-64-36-17-14-33-61(64)65/h1-43H. The highest BCUT2D eigenvalue weighted by molar-refractivity contribution is 5.99. The van der Waals surface area contributed by atoms with Crippen LogP contribution in [0.2, 0.25) is 0 Å². The fourth-order valence-electron chi connectivity index (χ4n) is 11.0. The van der Waals surface area contributed by atoms with E-state index in [0.717, 1.165) is 56.4 Å². The predicted octanol–water partition coefficient (Wildman–Crippen LogP) is 17.4. The van der Waals surface area contributed by atoms with Crippen LogP contribution in [0.4, 0.5) is 17.1 Å². The molecule has 2 aliphatic rings. The Hall–Kier alpha value is -8.72. The van der Waals surface area contributed by atoms with Crippen molar-refractivity contribution in [3.63, 3.8) is 0 Å². The van der Waals surface area contributed by atoms with E-state index in [0.29, 0.717) is 0 Å². The molecule has 0 saturated carbocycles. The zero-order valence-electron chi connectivity index (χ0n) is 36.7. The molecular formula is C65H43NO. The van der Waals surface area contributed by atoms with Crippen LogP contribution < -0.4 is 9.64 Å². The van der Waals surface area contributed by atoms with E-state index in [2.05, 4.69) is 266 Å². The van der Waals surface area contributed by atoms with Gasteiger partial charge in [0.25, 0.3) is 0 Å². The first-order valence-corrected chi connectivity index (χ1v) is 23.1. The summed E-state index contributed by atoms with van der Waals surface area (Å²) in [6.45, 7) is 0. The van der Waals surface area contributed by atoms with E-state index in [1.807, 2.05) is 0 Å². The highest BCUT2D eigenvalue weighted by Gasteiger charge is 2.51. The molecule has 1 spiro atoms. The Morgan fingerprint density at radius 2 is 0.776 bits per heavy atom. The second kappa shape index (κ2) is 15.8. The molecule has 0 aromatic heterocycles. The third kappa shape index (κ3) is 6.18. The lowest BCUT2D eigenvalue weighted by atomic mass is 9.66. The van der Waals surface area contributed by atoms with E-state index in [1.165, 1.54) is 60.8 Å². The number of benzene rings is 11. The number of ether oxygens (including phenoxy) is 1. The summed E-state index contributed by atoms with van der Waals surface area (Å²) in [7, 11) is 0. The fraction of sp³-hybridized carbons (Fsp3) is 0.0154. The number of para-hydroxylation sites is 3. The van der Waals surface area contributed by atoms with E-state index >= 15 is 0 Å². The summed E-state index contributed by atoms with van der Waals surface area (Å²) in [5.74, 6) is 1.78. The van der Waals surface area contributed by atoms with Crippen molar-refractivity contribution >= 4 is 27.8 Å². The first-order chi connectivity index (χ1) is 33.2. The summed E-state index contributed by atoms with van der Waals surface area (Å²) in [4.78, 5) is 2.47. The van der Waals surface area contributed by atoms with Crippen LogP contribution in [0.3, 0.4) is 0 Å². The number of hydrogen-bond donors (Lipinski definition) is 0. The lowest BCUT2D eigenvalue weighted by Crippen LogP contribution is -2.32. The van der Waals surface area contributed by atoms with Crippen molar-refractivity contribution in [3.05, 3.63) is 283 Å². The molecule has 0 radical (unpaired) electrons. The Kier molecular flexibility index (Phi) is 9.11. The first kappa shape index (κ1) is 38.7. The third-order valence-electron chi connectivity index (χ3n) is 13.9. The molecule has 0 N–H and O–H groups in total. The number of anilines is 3. The van der Waals surface area contributed by atoms with Gasteiger partial charge in [0.2, 0.25) is 0 Å². The van der Waals surface area contributed by atoms with Gasteiger partial charge in [0.05, 0.1) is 11.1 Å². The second-order valence-corrected chi connectivity index (χ2v) is 17.5. The largest absolute Gasteiger partial charge is 0.457 e. The predicted molar refractivity (Wildman–Crippen MR) is 278 cm³/mol. The Bertz CT molecular complexity index is 3650. The van der Waals surface area contributed by atoms with E-state index in [4.69, 9.17) is 4.74 Å². The molecule has 0 atom stereocenters. The van der Waals surface area contributed by atoms with Crippen molar-refractivity contribution in [2.24, 2.45) is 0 Å². The smallest absolute Gasteiger partial charge is 0.132 e. The Morgan fingerprint density at radius 1 is 0.269 bits per heavy atom. The zero-order chi connectivity index (χ0) is 44.3. The van der Waals surface area contributed by atoms with E-state index in [1.54, 1.807) is 0 Å². The van der Waals surface area contributed by atoms with Gasteiger partial charge in [-0.2, -0.15) is 0 Å². The molecule has 2 nitrogen and oxygen atoms in total. The molecule has 1 aliphatic carbocycles. The highest BCUT2D eigenvalue weighted by atomic mass is 16.5. The monoisotopic (exact) mass is 853 g/mol. The maximum absolute atomic E-state index is 6.66. The van der Waals surface area contributed by atoms with Crippen molar-refractivity contribution in [3.8, 4) is 67.1 Å². The molecule has 1 heterocycles. The maximum atomic E-state index is 6.66. The Balaban J connectivity index is 1.05. The molecule has 2 heteroatoms. The van der Waals surface area contributed by atoms with Crippen LogP contribution in [0.1, 0.15) is 22.3 Å². The molecule has 0 amide bonds. The molecule has 314 valence electrons. The Labute approximate surface area is 391 Å². The van der Waals surface area contributed by atoms with Crippen molar-refractivity contribution < 1.29 is 4.74 Å². The average molecular weight is 854 g/mol. The molecule has 0 saturated heterocycles. The van der Waals surface area contributed by atoms with Crippen LogP contribution in [0.25, 0.3) is 66.4 Å². The summed E-state index contributed by atoms with van der Waals surface area (Å²) in [5.41, 5.74) is 19.4. The average Bonchev–Trinajstić information content (AvgIpc) is 3.69. The van der Waals surface area contributed by atoms with Gasteiger partial charge in [-0.3, -0.25) is 0 Å². The van der Waals surface area contributed by atoms with Crippen molar-refractivity contribution in [2.75, 3.05) is 4.90 Å². The van der Waals surface area contributed by atoms with Gasteiger partial charge < -0.3 is 9.64 Å². The van der Waals surface area contributed by atoms with Gasteiger partial charge in [0.1, 0.15) is 11.5 Å². The minimum Gasteiger partial charge on any atom is -0.457 e. The number of nitrogens with zero attached hydrogens (tertiary/aromatic N) is 1. The molecule has 0 unspecified atom stereocenters. The molecule has 11 aromatic carbocycles. The summed E-state index contributed by atoms with van der Waals surface area (Å²) in [6, 6.07) is 95.0. The summed E-state index contributed by atoms with van der Waals surface area (Å²) in [6.07, 6.45) is 0. The molecule has 0 fully saturated rings. The zero-order valence-corrected chi connectivity index (χ0v) is 36.7.